The van der Waals surface area contributed by atoms with Gasteiger partial charge < -0.3 is 33.2 Å². The molecule has 0 heterocycles. The second kappa shape index (κ2) is 9.34. The summed E-state index contributed by atoms with van der Waals surface area (Å²) >= 11 is 0. The molecule has 0 aliphatic heterocycles. The second-order valence-corrected chi connectivity index (χ2v) is 4.87. The SMILES string of the molecule is CCOC(=O)c1ccc(C[N+](CC)(CC)CC)cc1.[I-]. The van der Waals surface area contributed by atoms with Crippen molar-refractivity contribution in [2.24, 2.45) is 0 Å². The Kier molecular flexibility index (Phi) is 9.05. The van der Waals surface area contributed by atoms with Crippen LogP contribution >= 0.6 is 0 Å². The molecular formula is C16H26INO2. The van der Waals surface area contributed by atoms with Crippen molar-refractivity contribution in [3.63, 3.8) is 0 Å². The minimum Gasteiger partial charge on any atom is -1.00 e. The highest BCUT2D eigenvalue weighted by atomic mass is 127. The van der Waals surface area contributed by atoms with Crippen LogP contribution < -0.4 is 24.0 Å². The van der Waals surface area contributed by atoms with Gasteiger partial charge in [-0.3, -0.25) is 0 Å². The summed E-state index contributed by atoms with van der Waals surface area (Å²) in [5.74, 6) is -0.240. The predicted molar refractivity (Wildman–Crippen MR) is 78.0 cm³/mol. The van der Waals surface area contributed by atoms with Gasteiger partial charge in [0.2, 0.25) is 0 Å². The summed E-state index contributed by atoms with van der Waals surface area (Å²) in [6.45, 7) is 13.4. The molecule has 0 unspecified atom stereocenters. The molecular weight excluding hydrogens is 365 g/mol. The van der Waals surface area contributed by atoms with Crippen LogP contribution in [-0.4, -0.2) is 36.7 Å². The first-order valence-corrected chi connectivity index (χ1v) is 7.22. The number of nitrogens with zero attached hydrogens (tertiary/aromatic N) is 1. The van der Waals surface area contributed by atoms with Gasteiger partial charge in [-0.25, -0.2) is 4.79 Å². The summed E-state index contributed by atoms with van der Waals surface area (Å²) in [5, 5.41) is 0. The Labute approximate surface area is 139 Å². The van der Waals surface area contributed by atoms with Crippen molar-refractivity contribution in [3.05, 3.63) is 35.4 Å². The second-order valence-electron chi connectivity index (χ2n) is 4.87. The highest BCUT2D eigenvalue weighted by molar-refractivity contribution is 5.89. The van der Waals surface area contributed by atoms with E-state index in [4.69, 9.17) is 4.74 Å². The number of benzene rings is 1. The molecule has 3 nitrogen and oxygen atoms in total. The third-order valence-electron chi connectivity index (χ3n) is 4.00. The molecule has 1 aromatic carbocycles. The maximum Gasteiger partial charge on any atom is 0.338 e. The number of hydrogen-bond donors (Lipinski definition) is 0. The normalized spacial score (nSPS) is 10.8. The first-order chi connectivity index (χ1) is 9.10. The van der Waals surface area contributed by atoms with Crippen molar-refractivity contribution in [3.8, 4) is 0 Å². The van der Waals surface area contributed by atoms with E-state index in [1.165, 1.54) is 5.56 Å². The lowest BCUT2D eigenvalue weighted by Crippen LogP contribution is -3.00. The van der Waals surface area contributed by atoms with E-state index in [1.807, 2.05) is 31.2 Å². The molecule has 0 aliphatic carbocycles. The zero-order valence-corrected chi connectivity index (χ0v) is 15.1. The fourth-order valence-electron chi connectivity index (χ4n) is 2.35. The Morgan fingerprint density at radius 2 is 1.50 bits per heavy atom. The van der Waals surface area contributed by atoms with Crippen LogP contribution in [0.2, 0.25) is 0 Å². The minimum atomic E-state index is -0.240. The van der Waals surface area contributed by atoms with Crippen molar-refractivity contribution in [1.82, 2.24) is 0 Å². The van der Waals surface area contributed by atoms with Gasteiger partial charge in [0.1, 0.15) is 6.54 Å². The molecule has 0 fully saturated rings. The van der Waals surface area contributed by atoms with Gasteiger partial charge in [-0.2, -0.15) is 0 Å². The van der Waals surface area contributed by atoms with Gasteiger partial charge in [-0.05, 0) is 39.8 Å². The highest BCUT2D eigenvalue weighted by Crippen LogP contribution is 2.15. The highest BCUT2D eigenvalue weighted by Gasteiger charge is 2.21. The molecule has 0 saturated heterocycles. The number of carbonyl (C=O) groups is 1. The molecule has 1 rings (SSSR count). The molecule has 0 aromatic heterocycles. The standard InChI is InChI=1S/C16H26NO2.HI/c1-5-17(6-2,7-3)13-14-9-11-15(12-10-14)16(18)19-8-4;/h9-12H,5-8,13H2,1-4H3;1H/q+1;/p-1. The lowest BCUT2D eigenvalue weighted by atomic mass is 10.1. The van der Waals surface area contributed by atoms with E-state index >= 15 is 0 Å². The van der Waals surface area contributed by atoms with E-state index < -0.39 is 0 Å². The molecule has 0 bridgehead atoms. The van der Waals surface area contributed by atoms with E-state index in [-0.39, 0.29) is 29.9 Å². The van der Waals surface area contributed by atoms with Crippen LogP contribution in [0.5, 0.6) is 0 Å². The largest absolute Gasteiger partial charge is 1.00 e. The summed E-state index contributed by atoms with van der Waals surface area (Å²) in [4.78, 5) is 11.6. The molecule has 4 heteroatoms. The van der Waals surface area contributed by atoms with Crippen molar-refractivity contribution in [2.45, 2.75) is 34.2 Å². The Balaban J connectivity index is 0.00000361. The zero-order valence-electron chi connectivity index (χ0n) is 13.0. The number of quaternary nitrogens is 1. The van der Waals surface area contributed by atoms with E-state index in [1.54, 1.807) is 0 Å². The van der Waals surface area contributed by atoms with Gasteiger partial charge >= 0.3 is 5.97 Å². The van der Waals surface area contributed by atoms with Crippen molar-refractivity contribution in [1.29, 1.82) is 0 Å². The molecule has 0 amide bonds. The topological polar surface area (TPSA) is 26.3 Å². The van der Waals surface area contributed by atoms with Crippen LogP contribution in [0.3, 0.4) is 0 Å². The van der Waals surface area contributed by atoms with Gasteiger partial charge in [0.15, 0.2) is 0 Å². The molecule has 1 aromatic rings. The Morgan fingerprint density at radius 3 is 1.90 bits per heavy atom. The van der Waals surface area contributed by atoms with Crippen LogP contribution in [-0.2, 0) is 11.3 Å². The molecule has 114 valence electrons. The van der Waals surface area contributed by atoms with E-state index in [0.717, 1.165) is 30.7 Å². The van der Waals surface area contributed by atoms with Crippen molar-refractivity contribution < 1.29 is 38.0 Å². The lowest BCUT2D eigenvalue weighted by molar-refractivity contribution is -0.936. The third-order valence-corrected chi connectivity index (χ3v) is 4.00. The van der Waals surface area contributed by atoms with Crippen LogP contribution in [0.25, 0.3) is 0 Å². The van der Waals surface area contributed by atoms with Crippen molar-refractivity contribution in [2.75, 3.05) is 26.2 Å². The number of carbonyl (C=O) groups excluding carboxylic acids is 1. The minimum absolute atomic E-state index is 0. The summed E-state index contributed by atoms with van der Waals surface area (Å²) in [6.07, 6.45) is 0. The maximum atomic E-state index is 11.6. The smallest absolute Gasteiger partial charge is 0.338 e. The number of hydrogen-bond acceptors (Lipinski definition) is 2. The Bertz CT molecular complexity index is 391. The molecule has 0 atom stereocenters. The van der Waals surface area contributed by atoms with Crippen LogP contribution in [0, 0.1) is 0 Å². The average Bonchev–Trinajstić information content (AvgIpc) is 2.46. The Hall–Kier alpha value is -0.620. The van der Waals surface area contributed by atoms with Gasteiger partial charge in [0.25, 0.3) is 0 Å². The molecule has 20 heavy (non-hydrogen) atoms. The fraction of sp³-hybridized carbons (Fsp3) is 0.562. The van der Waals surface area contributed by atoms with Crippen molar-refractivity contribution >= 4 is 5.97 Å². The summed E-state index contributed by atoms with van der Waals surface area (Å²) in [7, 11) is 0. The first-order valence-electron chi connectivity index (χ1n) is 7.22. The van der Waals surface area contributed by atoms with E-state index in [9.17, 15) is 4.79 Å². The Morgan fingerprint density at radius 1 is 1.00 bits per heavy atom. The maximum absolute atomic E-state index is 11.6. The third kappa shape index (κ3) is 5.05. The van der Waals surface area contributed by atoms with Crippen LogP contribution in [0.4, 0.5) is 0 Å². The zero-order chi connectivity index (χ0) is 14.3. The molecule has 0 N–H and O–H groups in total. The predicted octanol–water partition coefficient (Wildman–Crippen LogP) is 0.244. The van der Waals surface area contributed by atoms with E-state index in [2.05, 4.69) is 20.8 Å². The first kappa shape index (κ1) is 19.4. The molecule has 0 aliphatic rings. The average molecular weight is 391 g/mol. The number of halogens is 1. The van der Waals surface area contributed by atoms with Gasteiger partial charge in [-0.1, -0.05) is 12.1 Å². The number of ether oxygens (including phenoxy) is 1. The summed E-state index contributed by atoms with van der Waals surface area (Å²) in [6, 6.07) is 7.81. The molecule has 0 spiro atoms. The van der Waals surface area contributed by atoms with Gasteiger partial charge in [0, 0.05) is 5.56 Å². The quantitative estimate of drug-likeness (QED) is 0.378. The molecule has 0 saturated carbocycles. The molecule has 0 radical (unpaired) electrons. The van der Waals surface area contributed by atoms with Crippen LogP contribution in [0.1, 0.15) is 43.6 Å². The van der Waals surface area contributed by atoms with Crippen LogP contribution in [0.15, 0.2) is 24.3 Å². The van der Waals surface area contributed by atoms with E-state index in [0.29, 0.717) is 12.2 Å². The number of esters is 1. The lowest BCUT2D eigenvalue weighted by Gasteiger charge is -2.35. The summed E-state index contributed by atoms with van der Waals surface area (Å²) < 4.78 is 6.07. The number of rotatable bonds is 7. The van der Waals surface area contributed by atoms with Gasteiger partial charge in [-0.15, -0.1) is 0 Å². The fourth-order valence-corrected chi connectivity index (χ4v) is 2.35. The van der Waals surface area contributed by atoms with Gasteiger partial charge in [0.05, 0.1) is 31.8 Å². The monoisotopic (exact) mass is 391 g/mol. The summed E-state index contributed by atoms with van der Waals surface area (Å²) in [5.41, 5.74) is 1.91.